The van der Waals surface area contributed by atoms with Crippen LogP contribution in [0.3, 0.4) is 0 Å². The monoisotopic (exact) mass is 933 g/mol. The van der Waals surface area contributed by atoms with Gasteiger partial charge in [0, 0.05) is 60.8 Å². The van der Waals surface area contributed by atoms with Gasteiger partial charge >= 0.3 is 0 Å². The molecule has 73 heavy (non-hydrogen) atoms. The van der Waals surface area contributed by atoms with Gasteiger partial charge in [0.15, 0.2) is 17.5 Å². The highest BCUT2D eigenvalue weighted by molar-refractivity contribution is 6.10. The molecular weight excluding hydrogens is 887 g/mol. The third-order valence-corrected chi connectivity index (χ3v) is 14.1. The summed E-state index contributed by atoms with van der Waals surface area (Å²) >= 11 is 0. The molecule has 0 unspecified atom stereocenters. The first-order chi connectivity index (χ1) is 36.1. The lowest BCUT2D eigenvalue weighted by Gasteiger charge is -2.20. The topological polar surface area (TPSA) is 48.5 Å². The van der Waals surface area contributed by atoms with Gasteiger partial charge in [-0.1, -0.05) is 213 Å². The summed E-state index contributed by atoms with van der Waals surface area (Å²) in [5, 5.41) is 5.84. The second kappa shape index (κ2) is 18.2. The van der Waals surface area contributed by atoms with E-state index in [9.17, 15) is 0 Å². The van der Waals surface area contributed by atoms with E-state index in [0.717, 1.165) is 94.5 Å². The fourth-order valence-corrected chi connectivity index (χ4v) is 10.7. The SMILES string of the molecule is C=C/C=C\c1c(C)n(-c2c(-c3ccccc3)cccc2-c2ccc3cc(-c4nc(-c5ccccc5)nc(-c5ccc(-n6c7ccccc7c7ccccc76)c(-c6ccccc6)c5)n4)ccc3c2)c2ccccc12. The number of benzene rings is 10. The van der Waals surface area contributed by atoms with Gasteiger partial charge in [0.2, 0.25) is 0 Å². The minimum atomic E-state index is 0.604. The third-order valence-electron chi connectivity index (χ3n) is 14.1. The highest BCUT2D eigenvalue weighted by atomic mass is 15.0. The molecule has 0 spiro atoms. The standard InChI is InChI=1S/C68H47N5/c1-3-4-27-54-45(2)72(61-33-17-14-28-57(54)61)65-55(46-21-8-5-9-22-46)31-20-32-56(65)51-38-36-50-43-52(39-37-49(50)42-51)67-69-66(48-25-12-7-13-26-48)70-68(71-67)53-40-41-64(60(44-53)47-23-10-6-11-24-47)73-62-34-18-15-29-58(62)59-30-16-19-35-63(59)73/h3-44H,1H2,2H3/b27-4-. The van der Waals surface area contributed by atoms with Gasteiger partial charge in [-0.3, -0.25) is 0 Å². The minimum absolute atomic E-state index is 0.604. The van der Waals surface area contributed by atoms with Crippen LogP contribution in [0.5, 0.6) is 0 Å². The van der Waals surface area contributed by atoms with Crippen LogP contribution in [0, 0.1) is 6.92 Å². The van der Waals surface area contributed by atoms with Crippen LogP contribution in [0.2, 0.25) is 0 Å². The first-order valence-corrected chi connectivity index (χ1v) is 24.7. The molecule has 0 bridgehead atoms. The number of para-hydroxylation sites is 4. The average Bonchev–Trinajstić information content (AvgIpc) is 3.95. The van der Waals surface area contributed by atoms with Gasteiger partial charge in [-0.15, -0.1) is 0 Å². The quantitative estimate of drug-likeness (QED) is 0.128. The summed E-state index contributed by atoms with van der Waals surface area (Å²) in [5.41, 5.74) is 17.5. The Hall–Kier alpha value is -9.71. The van der Waals surface area contributed by atoms with E-state index in [1.165, 1.54) is 21.7 Å². The van der Waals surface area contributed by atoms with E-state index in [2.05, 4.69) is 247 Å². The number of hydrogen-bond acceptors (Lipinski definition) is 3. The summed E-state index contributed by atoms with van der Waals surface area (Å²) in [5.74, 6) is 1.83. The maximum atomic E-state index is 5.29. The summed E-state index contributed by atoms with van der Waals surface area (Å²) in [6.45, 7) is 6.19. The Morgan fingerprint density at radius 3 is 1.42 bits per heavy atom. The summed E-state index contributed by atoms with van der Waals surface area (Å²) in [6.07, 6.45) is 6.03. The minimum Gasteiger partial charge on any atom is -0.312 e. The molecule has 344 valence electrons. The molecule has 0 radical (unpaired) electrons. The molecule has 0 N–H and O–H groups in total. The molecule has 5 nitrogen and oxygen atoms in total. The van der Waals surface area contributed by atoms with Crippen LogP contribution in [0.25, 0.3) is 128 Å². The predicted molar refractivity (Wildman–Crippen MR) is 305 cm³/mol. The highest BCUT2D eigenvalue weighted by Gasteiger charge is 2.22. The number of aromatic nitrogens is 5. The summed E-state index contributed by atoms with van der Waals surface area (Å²) in [6, 6.07) is 84.1. The Bertz CT molecular complexity index is 4220. The van der Waals surface area contributed by atoms with E-state index in [1.807, 2.05) is 30.4 Å². The van der Waals surface area contributed by atoms with Crippen molar-refractivity contribution in [2.24, 2.45) is 0 Å². The van der Waals surface area contributed by atoms with Gasteiger partial charge in [0.1, 0.15) is 0 Å². The van der Waals surface area contributed by atoms with Gasteiger partial charge in [0.05, 0.1) is 27.9 Å². The van der Waals surface area contributed by atoms with E-state index in [-0.39, 0.29) is 0 Å². The lowest BCUT2D eigenvalue weighted by molar-refractivity contribution is 1.05. The van der Waals surface area contributed by atoms with E-state index < -0.39 is 0 Å². The Morgan fingerprint density at radius 2 is 0.822 bits per heavy atom. The number of nitrogens with zero attached hydrogens (tertiary/aromatic N) is 5. The number of rotatable bonds is 10. The van der Waals surface area contributed by atoms with E-state index in [4.69, 9.17) is 15.0 Å². The number of fused-ring (bicyclic) bond motifs is 5. The Labute approximate surface area is 424 Å². The number of hydrogen-bond donors (Lipinski definition) is 0. The van der Waals surface area contributed by atoms with Crippen molar-refractivity contribution in [3.05, 3.63) is 267 Å². The van der Waals surface area contributed by atoms with Crippen molar-refractivity contribution < 1.29 is 0 Å². The molecule has 0 atom stereocenters. The highest BCUT2D eigenvalue weighted by Crippen LogP contribution is 2.42. The maximum Gasteiger partial charge on any atom is 0.164 e. The summed E-state index contributed by atoms with van der Waals surface area (Å²) in [4.78, 5) is 15.7. The fourth-order valence-electron chi connectivity index (χ4n) is 10.7. The summed E-state index contributed by atoms with van der Waals surface area (Å²) in [7, 11) is 0. The van der Waals surface area contributed by atoms with Gasteiger partial charge < -0.3 is 9.13 Å². The van der Waals surface area contributed by atoms with Gasteiger partial charge in [0.25, 0.3) is 0 Å². The molecule has 0 saturated carbocycles. The molecule has 0 aliphatic rings. The van der Waals surface area contributed by atoms with Crippen molar-refractivity contribution >= 4 is 49.6 Å². The molecule has 3 heterocycles. The zero-order valence-electron chi connectivity index (χ0n) is 40.2. The maximum absolute atomic E-state index is 5.29. The van der Waals surface area contributed by atoms with Gasteiger partial charge in [-0.25, -0.2) is 15.0 Å². The Morgan fingerprint density at radius 1 is 0.370 bits per heavy atom. The second-order valence-electron chi connectivity index (χ2n) is 18.4. The molecule has 13 aromatic rings. The fraction of sp³-hybridized carbons (Fsp3) is 0.0147. The molecule has 3 aromatic heterocycles. The molecule has 0 amide bonds. The average molecular weight is 934 g/mol. The van der Waals surface area contributed by atoms with Crippen molar-refractivity contribution in [3.8, 4) is 78.9 Å². The first kappa shape index (κ1) is 43.3. The van der Waals surface area contributed by atoms with E-state index in [1.54, 1.807) is 0 Å². The van der Waals surface area contributed by atoms with E-state index >= 15 is 0 Å². The lowest BCUT2D eigenvalue weighted by atomic mass is 9.93. The first-order valence-electron chi connectivity index (χ1n) is 24.7. The zero-order chi connectivity index (χ0) is 48.8. The van der Waals surface area contributed by atoms with Crippen molar-refractivity contribution in [2.75, 3.05) is 0 Å². The van der Waals surface area contributed by atoms with Crippen LogP contribution < -0.4 is 0 Å². The van der Waals surface area contributed by atoms with Crippen molar-refractivity contribution in [1.29, 1.82) is 0 Å². The second-order valence-corrected chi connectivity index (χ2v) is 18.4. The predicted octanol–water partition coefficient (Wildman–Crippen LogP) is 17.6. The molecule has 5 heteroatoms. The molecule has 0 aliphatic carbocycles. The van der Waals surface area contributed by atoms with Gasteiger partial charge in [-0.05, 0) is 82.9 Å². The van der Waals surface area contributed by atoms with Crippen molar-refractivity contribution in [2.45, 2.75) is 6.92 Å². The normalized spacial score (nSPS) is 11.6. The van der Waals surface area contributed by atoms with Crippen LogP contribution in [-0.2, 0) is 0 Å². The van der Waals surface area contributed by atoms with Crippen LogP contribution in [-0.4, -0.2) is 24.1 Å². The van der Waals surface area contributed by atoms with Gasteiger partial charge in [-0.2, -0.15) is 0 Å². The lowest BCUT2D eigenvalue weighted by Crippen LogP contribution is -2.03. The zero-order valence-corrected chi connectivity index (χ0v) is 40.2. The molecular formula is C68H47N5. The van der Waals surface area contributed by atoms with Crippen LogP contribution >= 0.6 is 0 Å². The third kappa shape index (κ3) is 7.63. The largest absolute Gasteiger partial charge is 0.312 e. The molecule has 10 aromatic carbocycles. The Balaban J connectivity index is 0.950. The molecule has 13 rings (SSSR count). The smallest absolute Gasteiger partial charge is 0.164 e. The van der Waals surface area contributed by atoms with Crippen molar-refractivity contribution in [1.82, 2.24) is 24.1 Å². The van der Waals surface area contributed by atoms with Crippen LogP contribution in [0.15, 0.2) is 255 Å². The molecule has 0 aliphatic heterocycles. The van der Waals surface area contributed by atoms with E-state index in [0.29, 0.717) is 17.5 Å². The molecule has 0 fully saturated rings. The number of allylic oxidation sites excluding steroid dienone is 2. The van der Waals surface area contributed by atoms with Crippen molar-refractivity contribution in [3.63, 3.8) is 0 Å². The van der Waals surface area contributed by atoms with Crippen LogP contribution in [0.4, 0.5) is 0 Å². The summed E-state index contributed by atoms with van der Waals surface area (Å²) < 4.78 is 4.82. The van der Waals surface area contributed by atoms with Crippen LogP contribution in [0.1, 0.15) is 11.3 Å². The molecule has 0 saturated heterocycles. The Kier molecular flexibility index (Phi) is 10.8.